The molecule has 80 valence electrons. The standard InChI is InChI=1S/C10H8Cl2FNO/c1-5(15)10(2-3-10)6-4-7(13)9(12)14-8(6)11/h4H,2-3H2,1H3. The normalized spacial score (nSPS) is 17.6. The maximum atomic E-state index is 13.2. The van der Waals surface area contributed by atoms with Crippen molar-refractivity contribution in [1.29, 1.82) is 0 Å². The largest absolute Gasteiger partial charge is 0.299 e. The van der Waals surface area contributed by atoms with Gasteiger partial charge in [0.25, 0.3) is 0 Å². The smallest absolute Gasteiger partial charge is 0.166 e. The Labute approximate surface area is 96.4 Å². The number of carbonyl (C=O) groups excluding carboxylic acids is 1. The van der Waals surface area contributed by atoms with Crippen molar-refractivity contribution in [2.45, 2.75) is 25.2 Å². The number of ketones is 1. The summed E-state index contributed by atoms with van der Waals surface area (Å²) in [5, 5.41) is -0.141. The van der Waals surface area contributed by atoms with E-state index in [0.29, 0.717) is 18.4 Å². The molecule has 0 N–H and O–H groups in total. The molecule has 5 heteroatoms. The highest BCUT2D eigenvalue weighted by molar-refractivity contribution is 6.33. The minimum absolute atomic E-state index is 0.00655. The lowest BCUT2D eigenvalue weighted by molar-refractivity contribution is -0.119. The Kier molecular flexibility index (Phi) is 2.47. The number of rotatable bonds is 2. The molecule has 0 amide bonds. The zero-order valence-electron chi connectivity index (χ0n) is 7.98. The highest BCUT2D eigenvalue weighted by Gasteiger charge is 2.50. The summed E-state index contributed by atoms with van der Waals surface area (Å²) >= 11 is 11.3. The van der Waals surface area contributed by atoms with E-state index in [1.807, 2.05) is 0 Å². The number of carbonyl (C=O) groups is 1. The molecule has 2 nitrogen and oxygen atoms in total. The molecule has 1 aliphatic carbocycles. The third kappa shape index (κ3) is 1.64. The number of halogens is 3. The predicted molar refractivity (Wildman–Crippen MR) is 55.8 cm³/mol. The molecule has 1 aliphatic rings. The molecule has 0 unspecified atom stereocenters. The molecule has 1 aromatic heterocycles. The maximum absolute atomic E-state index is 13.2. The Morgan fingerprint density at radius 3 is 2.53 bits per heavy atom. The van der Waals surface area contributed by atoms with E-state index < -0.39 is 11.2 Å². The third-order valence-electron chi connectivity index (χ3n) is 2.83. The molecular formula is C10H8Cl2FNO. The zero-order valence-corrected chi connectivity index (χ0v) is 9.49. The number of nitrogens with zero attached hydrogens (tertiary/aromatic N) is 1. The summed E-state index contributed by atoms with van der Waals surface area (Å²) in [6.45, 7) is 1.48. The molecule has 0 aromatic carbocycles. The molecule has 0 radical (unpaired) electrons. The van der Waals surface area contributed by atoms with Crippen LogP contribution < -0.4 is 0 Å². The van der Waals surface area contributed by atoms with E-state index in [1.54, 1.807) is 0 Å². The topological polar surface area (TPSA) is 30.0 Å². The molecule has 0 bridgehead atoms. The Hall–Kier alpha value is -0.670. The second-order valence-corrected chi connectivity index (χ2v) is 4.45. The van der Waals surface area contributed by atoms with Gasteiger partial charge in [0.05, 0.1) is 5.41 Å². The Morgan fingerprint density at radius 1 is 1.47 bits per heavy atom. The average Bonchev–Trinajstić information content (AvgIpc) is 2.92. The van der Waals surface area contributed by atoms with Gasteiger partial charge < -0.3 is 0 Å². The van der Waals surface area contributed by atoms with Crippen molar-refractivity contribution < 1.29 is 9.18 Å². The van der Waals surface area contributed by atoms with E-state index in [-0.39, 0.29) is 16.1 Å². The lowest BCUT2D eigenvalue weighted by atomic mass is 9.93. The van der Waals surface area contributed by atoms with Gasteiger partial charge in [-0.05, 0) is 25.8 Å². The summed E-state index contributed by atoms with van der Waals surface area (Å²) in [7, 11) is 0. The van der Waals surface area contributed by atoms with Gasteiger partial charge in [-0.3, -0.25) is 4.79 Å². The lowest BCUT2D eigenvalue weighted by Gasteiger charge is -2.13. The Balaban J connectivity index is 2.54. The van der Waals surface area contributed by atoms with Crippen molar-refractivity contribution >= 4 is 29.0 Å². The van der Waals surface area contributed by atoms with Gasteiger partial charge in [-0.1, -0.05) is 23.2 Å². The van der Waals surface area contributed by atoms with Crippen molar-refractivity contribution in [2.24, 2.45) is 0 Å². The molecule has 2 rings (SSSR count). The van der Waals surface area contributed by atoms with Gasteiger partial charge in [0.15, 0.2) is 11.0 Å². The predicted octanol–water partition coefficient (Wildman–Crippen LogP) is 3.15. The van der Waals surface area contributed by atoms with Crippen molar-refractivity contribution in [3.63, 3.8) is 0 Å². The molecule has 1 aromatic rings. The fraction of sp³-hybridized carbons (Fsp3) is 0.400. The van der Waals surface area contributed by atoms with Gasteiger partial charge in [-0.25, -0.2) is 9.37 Å². The zero-order chi connectivity index (χ0) is 11.2. The second-order valence-electron chi connectivity index (χ2n) is 3.74. The number of Topliss-reactive ketones (excluding diaryl/α,β-unsaturated/α-hetero) is 1. The summed E-state index contributed by atoms with van der Waals surface area (Å²) in [4.78, 5) is 15.1. The van der Waals surface area contributed by atoms with Crippen LogP contribution in [-0.2, 0) is 10.2 Å². The van der Waals surface area contributed by atoms with Crippen molar-refractivity contribution in [3.05, 3.63) is 27.8 Å². The molecule has 0 atom stereocenters. The number of aromatic nitrogens is 1. The van der Waals surface area contributed by atoms with Crippen LogP contribution in [-0.4, -0.2) is 10.8 Å². The van der Waals surface area contributed by atoms with Crippen LogP contribution in [0.1, 0.15) is 25.3 Å². The van der Waals surface area contributed by atoms with Crippen LogP contribution in [0.4, 0.5) is 4.39 Å². The van der Waals surface area contributed by atoms with Crippen molar-refractivity contribution in [3.8, 4) is 0 Å². The highest BCUT2D eigenvalue weighted by atomic mass is 35.5. The Morgan fingerprint density at radius 2 is 2.07 bits per heavy atom. The van der Waals surface area contributed by atoms with Gasteiger partial charge in [-0.2, -0.15) is 0 Å². The number of hydrogen-bond acceptors (Lipinski definition) is 2. The van der Waals surface area contributed by atoms with Crippen molar-refractivity contribution in [2.75, 3.05) is 0 Å². The summed E-state index contributed by atoms with van der Waals surface area (Å²) < 4.78 is 13.2. The molecule has 1 saturated carbocycles. The van der Waals surface area contributed by atoms with Gasteiger partial charge in [-0.15, -0.1) is 0 Å². The van der Waals surface area contributed by atoms with E-state index in [4.69, 9.17) is 23.2 Å². The maximum Gasteiger partial charge on any atom is 0.166 e. The fourth-order valence-electron chi connectivity index (χ4n) is 1.72. The highest BCUT2D eigenvalue weighted by Crippen LogP contribution is 2.51. The van der Waals surface area contributed by atoms with E-state index in [0.717, 1.165) is 0 Å². The molecular weight excluding hydrogens is 240 g/mol. The van der Waals surface area contributed by atoms with Gasteiger partial charge >= 0.3 is 0 Å². The van der Waals surface area contributed by atoms with Gasteiger partial charge in [0.1, 0.15) is 10.9 Å². The second kappa shape index (κ2) is 3.42. The molecule has 15 heavy (non-hydrogen) atoms. The average molecular weight is 248 g/mol. The van der Waals surface area contributed by atoms with Gasteiger partial charge in [0.2, 0.25) is 0 Å². The summed E-state index contributed by atoms with van der Waals surface area (Å²) in [5.41, 5.74) is -0.159. The summed E-state index contributed by atoms with van der Waals surface area (Å²) in [5.74, 6) is -0.642. The first-order valence-electron chi connectivity index (χ1n) is 4.50. The Bertz CT molecular complexity index is 443. The van der Waals surface area contributed by atoms with E-state index in [2.05, 4.69) is 4.98 Å². The first-order chi connectivity index (χ1) is 6.97. The van der Waals surface area contributed by atoms with Crippen LogP contribution in [0.25, 0.3) is 0 Å². The van der Waals surface area contributed by atoms with E-state index in [9.17, 15) is 9.18 Å². The fourth-order valence-corrected chi connectivity index (χ4v) is 2.22. The molecule has 1 fully saturated rings. The van der Waals surface area contributed by atoms with Crippen LogP contribution in [0, 0.1) is 5.82 Å². The molecule has 0 spiro atoms. The van der Waals surface area contributed by atoms with Crippen LogP contribution in [0.2, 0.25) is 10.3 Å². The third-order valence-corrected chi connectivity index (χ3v) is 3.38. The van der Waals surface area contributed by atoms with Crippen LogP contribution in [0.15, 0.2) is 6.07 Å². The minimum Gasteiger partial charge on any atom is -0.299 e. The monoisotopic (exact) mass is 247 g/mol. The number of pyridine rings is 1. The summed E-state index contributed by atoms with van der Waals surface area (Å²) in [6.07, 6.45) is 1.40. The summed E-state index contributed by atoms with van der Waals surface area (Å²) in [6, 6.07) is 1.21. The SMILES string of the molecule is CC(=O)C1(c2cc(F)c(Cl)nc2Cl)CC1. The van der Waals surface area contributed by atoms with E-state index in [1.165, 1.54) is 13.0 Å². The molecule has 0 aliphatic heterocycles. The van der Waals surface area contributed by atoms with Crippen LogP contribution in [0.3, 0.4) is 0 Å². The molecule has 0 saturated heterocycles. The number of hydrogen-bond donors (Lipinski definition) is 0. The molecule has 1 heterocycles. The lowest BCUT2D eigenvalue weighted by Crippen LogP contribution is -2.18. The first-order valence-corrected chi connectivity index (χ1v) is 5.26. The first kappa shape index (κ1) is 10.8. The van der Waals surface area contributed by atoms with Crippen LogP contribution in [0.5, 0.6) is 0 Å². The minimum atomic E-state index is -0.636. The van der Waals surface area contributed by atoms with Gasteiger partial charge in [0, 0.05) is 5.56 Å². The quantitative estimate of drug-likeness (QED) is 0.752. The van der Waals surface area contributed by atoms with Crippen LogP contribution >= 0.6 is 23.2 Å². The van der Waals surface area contributed by atoms with Crippen molar-refractivity contribution in [1.82, 2.24) is 4.98 Å². The van der Waals surface area contributed by atoms with E-state index >= 15 is 0 Å².